The van der Waals surface area contributed by atoms with Crippen molar-refractivity contribution in [3.8, 4) is 0 Å². The summed E-state index contributed by atoms with van der Waals surface area (Å²) in [4.78, 5) is 66.4. The summed E-state index contributed by atoms with van der Waals surface area (Å²) >= 11 is 0. The van der Waals surface area contributed by atoms with Gasteiger partial charge in [-0.2, -0.15) is 4.31 Å². The van der Waals surface area contributed by atoms with Gasteiger partial charge in [0, 0.05) is 19.5 Å². The quantitative estimate of drug-likeness (QED) is 0.0252. The molecule has 0 amide bonds. The standard InChI is InChI=1S/C69H124N2O68P4/c70-1-3-115-141(109,110)137-26(15-81)51-42(100)53(130-64-41(99)35(93)50(25(14-80)122-64)127-63-40(98)34(92)49(24(13-79)121-63)126-62-39(97)33(91)48(23(12-78)120-62)125-59-36(94)30(88)27(85)20(9-75)117-59)58(134-66-56(132-60-37(95)31(89)28(86)21(10-76)118-60)43(101)55(138-140(106,107)108)45(124-66)16(82)6-72)67(128-51)131-54-44(102)65(123-46(17(83)7-73)57(54)133-61-38(96)32(90)29(87)22(11-77)119-61)129-52-19(136-143(113,114)139-142(111,112)116-4-2-71)5-69(105,68(103)104)135-47(52)18(84)8-74/h16-67,72-102,105H,1-15,70-71H2,(H,103,104)(H,109,110)(H,111,112)(H,113,114)(H2,106,107,108)/t16-,17-,18+,19+,20+,21+,22+,23+,24+,25+,26-,27-,28-,29+,30-,31-,32-,33+,34+,35+,36+,37+,38+,39+,40+,41+,42+,43-,44-,45+,46+,47+,48-,49+,50+,51+,52+,53-,54+,55-,56-,57+,58-,59+,60-,61-,62-,63-,64+,65+,66+,67+,69+/m0/s1. The molecule has 74 heteroatoms. The van der Waals surface area contributed by atoms with E-state index >= 15 is 0 Å². The van der Waals surface area contributed by atoms with Crippen LogP contribution in [0, 0.1) is 0 Å². The van der Waals surface area contributed by atoms with Crippen molar-refractivity contribution in [3.63, 3.8) is 0 Å². The molecule has 10 saturated heterocycles. The van der Waals surface area contributed by atoms with Gasteiger partial charge in [-0.1, -0.05) is 0 Å². The third kappa shape index (κ3) is 28.6. The zero-order valence-corrected chi connectivity index (χ0v) is 77.4. The SMILES string of the molecule is NCCOP(=O)(O)O[C@@H](CO)[C@H]1O[C@H](O[C@@H]2[C@H](O)[C@@H](O[C@H]3[C@@H]([C@H](O)CO)O[C@@](O)(C(=O)O)C[C@H]3OP(=O)(O)OP(=O)(O)OCCN)O[C@H]([C@@H](O)CO)[C@H]2O[C@@H]2O[C@H](CO)[C@@H](O)[C@H](O)[C@H]2O)[C@@H](O[C@H]2O[C@H]([C@@H](O)CO)[C@@H](OP(=O)(O)O)[C@H](O)[C@@H]2O[C@@H]2O[C@H](CO)[C@H](O)[C@H](O)[C@H]2O)[C@@H](O[C@H]2O[C@H](CO)[C@@H](O[C@@H]3O[C@H](CO)[C@@H](O[C@@H]4O[C@H](CO)[C@H](O[C@H]5O[C@H](CO)[C@H](O)[C@H](O)[C@H]5O)[C@H](O)[C@H]4O)[C@H](O)[C@H]3O)[C@H](O)[C@H]2O)[C@@H]1O. The van der Waals surface area contributed by atoms with Crippen molar-refractivity contribution >= 4 is 37.3 Å². The summed E-state index contributed by atoms with van der Waals surface area (Å²) in [6.07, 6.45) is -139. The van der Waals surface area contributed by atoms with Gasteiger partial charge < -0.3 is 294 Å². The fraction of sp³-hybridized carbons (Fsp3) is 0.986. The Kier molecular flexibility index (Phi) is 44.9. The largest absolute Gasteiger partial charge is 0.481 e. The van der Waals surface area contributed by atoms with Crippen LogP contribution in [0.1, 0.15) is 6.42 Å². The Balaban J connectivity index is 1.12. The Morgan fingerprint density at radius 3 is 1.01 bits per heavy atom. The molecule has 10 aliphatic heterocycles. The van der Waals surface area contributed by atoms with E-state index in [1.165, 1.54) is 0 Å². The van der Waals surface area contributed by atoms with Crippen molar-refractivity contribution in [1.29, 1.82) is 0 Å². The average Bonchev–Trinajstić information content (AvgIpc) is 0.743. The van der Waals surface area contributed by atoms with Crippen LogP contribution in [0.3, 0.4) is 0 Å². The van der Waals surface area contributed by atoms with Crippen molar-refractivity contribution in [2.24, 2.45) is 11.5 Å². The van der Waals surface area contributed by atoms with Gasteiger partial charge in [-0.05, 0) is 0 Å². The first-order valence-corrected chi connectivity index (χ1v) is 49.4. The molecule has 10 rings (SSSR count). The van der Waals surface area contributed by atoms with Crippen molar-refractivity contribution in [3.05, 3.63) is 0 Å². The lowest BCUT2D eigenvalue weighted by molar-refractivity contribution is -0.428. The van der Waals surface area contributed by atoms with Gasteiger partial charge in [-0.3, -0.25) is 22.6 Å². The Labute approximate surface area is 803 Å². The van der Waals surface area contributed by atoms with E-state index < -0.39 is 461 Å². The molecule has 10 aliphatic rings. The summed E-state index contributed by atoms with van der Waals surface area (Å²) < 4.78 is 194. The van der Waals surface area contributed by atoms with E-state index in [9.17, 15) is 216 Å². The maximum absolute atomic E-state index is 14.0. The molecule has 0 saturated carbocycles. The number of hydrogen-bond donors (Lipinski definition) is 40. The summed E-state index contributed by atoms with van der Waals surface area (Å²) in [5, 5.41) is 372. The number of rotatable bonds is 47. The Morgan fingerprint density at radius 1 is 0.315 bits per heavy atom. The monoisotopic (exact) mass is 2190 g/mol. The molecule has 42 N–H and O–H groups in total. The molecular formula is C69H124N2O68P4. The lowest BCUT2D eigenvalue weighted by Crippen LogP contribution is -2.72. The van der Waals surface area contributed by atoms with Gasteiger partial charge >= 0.3 is 37.3 Å². The highest BCUT2D eigenvalue weighted by atomic mass is 31.3. The van der Waals surface area contributed by atoms with Gasteiger partial charge in [-0.25, -0.2) is 23.1 Å². The predicted octanol–water partition coefficient (Wildman–Crippen LogP) is -24.4. The van der Waals surface area contributed by atoms with Crippen molar-refractivity contribution in [1.82, 2.24) is 0 Å². The maximum atomic E-state index is 14.0. The fourth-order valence-corrected chi connectivity index (χ4v) is 20.6. The molecule has 10 fully saturated rings. The van der Waals surface area contributed by atoms with E-state index in [1.54, 1.807) is 0 Å². The summed E-state index contributed by atoms with van der Waals surface area (Å²) in [5.74, 6) is -6.37. The molecule has 10 heterocycles. The zero-order chi connectivity index (χ0) is 106. The highest BCUT2D eigenvalue weighted by molar-refractivity contribution is 7.61. The Hall–Kier alpha value is -2.17. The Bertz CT molecular complexity index is 4080. The summed E-state index contributed by atoms with van der Waals surface area (Å²) in [6, 6.07) is 0. The number of nitrogens with two attached hydrogens (primary N) is 2. The molecule has 3 unspecified atom stereocenters. The van der Waals surface area contributed by atoms with Crippen LogP contribution >= 0.6 is 31.3 Å². The molecule has 0 bridgehead atoms. The van der Waals surface area contributed by atoms with Crippen LogP contribution in [0.15, 0.2) is 0 Å². The molecule has 0 radical (unpaired) electrons. The number of phosphoric acid groups is 4. The Morgan fingerprint density at radius 2 is 0.629 bits per heavy atom. The van der Waals surface area contributed by atoms with E-state index in [2.05, 4.69) is 8.83 Å². The van der Waals surface area contributed by atoms with Crippen LogP contribution in [0.2, 0.25) is 0 Å². The molecule has 838 valence electrons. The summed E-state index contributed by atoms with van der Waals surface area (Å²) in [5.41, 5.74) is 10.9. The maximum Gasteiger partial charge on any atom is 0.481 e. The van der Waals surface area contributed by atoms with Crippen molar-refractivity contribution in [2.45, 2.75) is 331 Å². The topological polar surface area (TPSA) is 1140 Å². The number of ether oxygens (including phenoxy) is 19. The number of carboxylic acids is 1. The van der Waals surface area contributed by atoms with Gasteiger partial charge in [0.2, 0.25) is 0 Å². The second-order valence-electron chi connectivity index (χ2n) is 33.9. The fourth-order valence-electron chi connectivity index (χ4n) is 16.8. The molecule has 0 aromatic rings. The van der Waals surface area contributed by atoms with Gasteiger partial charge in [0.05, 0.1) is 79.3 Å². The average molecular weight is 2190 g/mol. The second-order valence-corrected chi connectivity index (χ2v) is 39.5. The third-order valence-corrected chi connectivity index (χ3v) is 28.4. The first-order valence-electron chi connectivity index (χ1n) is 43.4. The van der Waals surface area contributed by atoms with Gasteiger partial charge in [-0.15, -0.1) is 0 Å². The lowest BCUT2D eigenvalue weighted by atomic mass is 9.91. The molecule has 56 atom stereocenters. The predicted molar refractivity (Wildman–Crippen MR) is 428 cm³/mol. The molecule has 0 spiro atoms. The number of phosphoric ester groups is 4. The lowest BCUT2D eigenvalue weighted by Gasteiger charge is -2.54. The molecule has 0 aromatic heterocycles. The third-order valence-electron chi connectivity index (χ3n) is 24.1. The smallest absolute Gasteiger partial charge is 0.477 e. The first kappa shape index (κ1) is 123. The van der Waals surface area contributed by atoms with Crippen LogP contribution in [0.4, 0.5) is 0 Å². The number of aliphatic hydroxyl groups is 32. The molecule has 0 aliphatic carbocycles. The second kappa shape index (κ2) is 52.4. The van der Waals surface area contributed by atoms with Crippen LogP contribution < -0.4 is 11.5 Å². The van der Waals surface area contributed by atoms with Crippen LogP contribution in [0.5, 0.6) is 0 Å². The first-order chi connectivity index (χ1) is 67.1. The number of aliphatic carboxylic acids is 1. The summed E-state index contributed by atoms with van der Waals surface area (Å²) in [6.45, 7) is -17.7. The molecule has 143 heavy (non-hydrogen) atoms. The number of carbonyl (C=O) groups is 1. The summed E-state index contributed by atoms with van der Waals surface area (Å²) in [7, 11) is -24.5. The zero-order valence-electron chi connectivity index (χ0n) is 73.8. The van der Waals surface area contributed by atoms with E-state index in [0.29, 0.717) is 0 Å². The molecular weight excluding hydrogens is 2070 g/mol. The van der Waals surface area contributed by atoms with Gasteiger partial charge in [0.1, 0.15) is 262 Å². The number of hydrogen-bond acceptors (Lipinski definition) is 64. The van der Waals surface area contributed by atoms with E-state index in [1.807, 2.05) is 0 Å². The van der Waals surface area contributed by atoms with Gasteiger partial charge in [0.25, 0.3) is 5.79 Å². The highest BCUT2D eigenvalue weighted by Crippen LogP contribution is 2.62. The highest BCUT2D eigenvalue weighted by Gasteiger charge is 2.66. The van der Waals surface area contributed by atoms with Crippen molar-refractivity contribution < 1.29 is 333 Å². The minimum atomic E-state index is -6.49. The van der Waals surface area contributed by atoms with E-state index in [-0.39, 0.29) is 0 Å². The normalized spacial score (nSPS) is 46.8. The van der Waals surface area contributed by atoms with E-state index in [4.69, 9.17) is 120 Å². The van der Waals surface area contributed by atoms with Crippen molar-refractivity contribution in [2.75, 3.05) is 92.4 Å². The molecule has 70 nitrogen and oxygen atoms in total. The number of aliphatic hydroxyl groups excluding tert-OH is 31. The van der Waals surface area contributed by atoms with Crippen LogP contribution in [-0.2, 0) is 140 Å². The van der Waals surface area contributed by atoms with Crippen LogP contribution in [0.25, 0.3) is 0 Å². The minimum absolute atomic E-state index is 0.607. The van der Waals surface area contributed by atoms with Crippen LogP contribution in [-0.4, -0.2) is 616 Å². The van der Waals surface area contributed by atoms with E-state index in [0.717, 1.165) is 0 Å². The minimum Gasteiger partial charge on any atom is -0.477 e. The number of carboxylic acid groups (broad SMARTS) is 1. The van der Waals surface area contributed by atoms with Gasteiger partial charge in [0.15, 0.2) is 56.6 Å². The molecule has 0 aromatic carbocycles.